The highest BCUT2D eigenvalue weighted by Crippen LogP contribution is 2.33. The lowest BCUT2D eigenvalue weighted by Crippen LogP contribution is -2.29. The van der Waals surface area contributed by atoms with Crippen molar-refractivity contribution in [3.05, 3.63) is 53.6 Å². The van der Waals surface area contributed by atoms with E-state index in [2.05, 4.69) is 20.6 Å². The summed E-state index contributed by atoms with van der Waals surface area (Å²) < 4.78 is 28.5. The Kier molecular flexibility index (Phi) is 7.48. The summed E-state index contributed by atoms with van der Waals surface area (Å²) in [5.74, 6) is -3.53. The van der Waals surface area contributed by atoms with Crippen LogP contribution < -0.4 is 0 Å². The molecule has 2 N–H and O–H groups in total. The number of hydrogen-bond acceptors (Lipinski definition) is 5. The first-order chi connectivity index (χ1) is 14.5. The molecule has 30 heavy (non-hydrogen) atoms. The Bertz CT molecular complexity index is 827. The van der Waals surface area contributed by atoms with Gasteiger partial charge in [0.2, 0.25) is 5.91 Å². The summed E-state index contributed by atoms with van der Waals surface area (Å²) in [6.07, 6.45) is 5.47. The maximum absolute atomic E-state index is 14.3. The summed E-state index contributed by atoms with van der Waals surface area (Å²) in [5, 5.41) is 24.0. The van der Waals surface area contributed by atoms with Crippen molar-refractivity contribution in [2.45, 2.75) is 50.9 Å². The second-order valence-corrected chi connectivity index (χ2v) is 7.56. The molecule has 0 bridgehead atoms. The number of carbonyl (C=O) groups is 1. The van der Waals surface area contributed by atoms with E-state index in [1.165, 1.54) is 12.1 Å². The van der Waals surface area contributed by atoms with Gasteiger partial charge in [0.25, 0.3) is 5.92 Å². The highest BCUT2D eigenvalue weighted by molar-refractivity contribution is 5.83. The fourth-order valence-electron chi connectivity index (χ4n) is 3.64. The van der Waals surface area contributed by atoms with Crippen molar-refractivity contribution in [2.24, 2.45) is 5.92 Å². The Labute approximate surface area is 174 Å². The van der Waals surface area contributed by atoms with Gasteiger partial charge in [0, 0.05) is 31.5 Å². The minimum atomic E-state index is -3.09. The number of benzene rings is 1. The molecular weight excluding hydrogens is 392 g/mol. The Morgan fingerprint density at radius 3 is 2.73 bits per heavy atom. The normalized spacial score (nSPS) is 17.7. The number of alkyl halides is 2. The fourth-order valence-corrected chi connectivity index (χ4v) is 3.64. The molecule has 9 heteroatoms. The number of likely N-dealkylation sites (tertiary alicyclic amines) is 1. The number of aliphatic hydroxyl groups excluding tert-OH is 1. The van der Waals surface area contributed by atoms with E-state index in [1.54, 1.807) is 23.1 Å². The van der Waals surface area contributed by atoms with Gasteiger partial charge < -0.3 is 10.0 Å². The van der Waals surface area contributed by atoms with Crippen LogP contribution in [0.5, 0.6) is 0 Å². The van der Waals surface area contributed by atoms with Gasteiger partial charge in [-0.3, -0.25) is 4.79 Å². The fraction of sp³-hybridized carbons (Fsp3) is 0.524. The lowest BCUT2D eigenvalue weighted by atomic mass is 10.0. The average Bonchev–Trinajstić information content (AvgIpc) is 3.39. The van der Waals surface area contributed by atoms with Gasteiger partial charge in [0.05, 0.1) is 5.92 Å². The van der Waals surface area contributed by atoms with Gasteiger partial charge in [-0.15, -0.1) is 10.2 Å². The van der Waals surface area contributed by atoms with Crippen molar-refractivity contribution >= 4 is 5.91 Å². The molecule has 7 nitrogen and oxygen atoms in total. The molecule has 1 aliphatic heterocycles. The van der Waals surface area contributed by atoms with Crippen molar-refractivity contribution < 1.29 is 18.7 Å². The standard InChI is InChI=1S/C21H27F2N5O2/c22-21(23,16-8-4-3-5-9-16)13-11-18(29)17-12-15-28(20(17)30)14-7-2-1-6-10-19-24-26-27-25-19/h3-5,8-9,11,17,29H,1-2,6-7,10,12-15H2,(H,24,25,26,27)/b18-11+/t17-/m1/s1. The monoisotopic (exact) mass is 419 g/mol. The lowest BCUT2D eigenvalue weighted by molar-refractivity contribution is -0.130. The molecule has 1 aromatic carbocycles. The summed E-state index contributed by atoms with van der Waals surface area (Å²) in [6.45, 7) is 1.16. The number of nitrogens with zero attached hydrogens (tertiary/aromatic N) is 4. The smallest absolute Gasteiger partial charge is 0.276 e. The number of carbonyl (C=O) groups excluding carboxylic acids is 1. The molecule has 0 spiro atoms. The van der Waals surface area contributed by atoms with Crippen molar-refractivity contribution in [3.63, 3.8) is 0 Å². The van der Waals surface area contributed by atoms with Crippen molar-refractivity contribution in [3.8, 4) is 0 Å². The summed E-state index contributed by atoms with van der Waals surface area (Å²) in [4.78, 5) is 14.2. The Hall–Kier alpha value is -2.84. The van der Waals surface area contributed by atoms with E-state index in [4.69, 9.17) is 0 Å². The number of amides is 1. The number of aliphatic hydroxyl groups is 1. The quantitative estimate of drug-likeness (QED) is 0.427. The van der Waals surface area contributed by atoms with Crippen LogP contribution in [0.1, 0.15) is 49.9 Å². The first-order valence-corrected chi connectivity index (χ1v) is 10.3. The Balaban J connectivity index is 1.40. The van der Waals surface area contributed by atoms with Crippen LogP contribution >= 0.6 is 0 Å². The number of allylic oxidation sites excluding steroid dienone is 1. The van der Waals surface area contributed by atoms with Crippen LogP contribution in [0.25, 0.3) is 0 Å². The van der Waals surface area contributed by atoms with Crippen molar-refractivity contribution in [1.29, 1.82) is 0 Å². The van der Waals surface area contributed by atoms with Crippen LogP contribution in [0.15, 0.2) is 42.2 Å². The lowest BCUT2D eigenvalue weighted by Gasteiger charge is -2.17. The predicted octanol–water partition coefficient (Wildman–Crippen LogP) is 3.78. The highest BCUT2D eigenvalue weighted by Gasteiger charge is 2.35. The molecule has 1 amide bonds. The molecule has 1 atom stereocenters. The Morgan fingerprint density at radius 1 is 1.23 bits per heavy atom. The third-order valence-electron chi connectivity index (χ3n) is 5.39. The molecule has 0 radical (unpaired) electrons. The minimum absolute atomic E-state index is 0.104. The summed E-state index contributed by atoms with van der Waals surface area (Å²) in [6, 6.07) is 7.49. The molecule has 1 saturated heterocycles. The van der Waals surface area contributed by atoms with Crippen molar-refractivity contribution in [2.75, 3.05) is 13.1 Å². The van der Waals surface area contributed by atoms with E-state index in [0.29, 0.717) is 25.3 Å². The van der Waals surface area contributed by atoms with Crippen LogP contribution in [-0.2, 0) is 17.1 Å². The molecule has 1 aromatic heterocycles. The van der Waals surface area contributed by atoms with Gasteiger partial charge in [-0.05, 0) is 25.3 Å². The second-order valence-electron chi connectivity index (χ2n) is 7.56. The zero-order valence-electron chi connectivity index (χ0n) is 16.8. The van der Waals surface area contributed by atoms with Crippen LogP contribution in [0.3, 0.4) is 0 Å². The van der Waals surface area contributed by atoms with Gasteiger partial charge in [0.1, 0.15) is 5.76 Å². The maximum atomic E-state index is 14.3. The summed E-state index contributed by atoms with van der Waals surface area (Å²) in [5.41, 5.74) is -0.104. The molecule has 2 heterocycles. The minimum Gasteiger partial charge on any atom is -0.512 e. The van der Waals surface area contributed by atoms with Gasteiger partial charge in [-0.25, -0.2) is 8.78 Å². The number of nitrogens with one attached hydrogen (secondary N) is 1. The number of H-pyrrole nitrogens is 1. The van der Waals surface area contributed by atoms with E-state index < -0.39 is 18.3 Å². The van der Waals surface area contributed by atoms with Gasteiger partial charge in [-0.2, -0.15) is 5.21 Å². The molecule has 0 saturated carbocycles. The van der Waals surface area contributed by atoms with Gasteiger partial charge >= 0.3 is 0 Å². The van der Waals surface area contributed by atoms with E-state index in [0.717, 1.165) is 38.2 Å². The largest absolute Gasteiger partial charge is 0.512 e. The number of aromatic nitrogens is 4. The predicted molar refractivity (Wildman–Crippen MR) is 107 cm³/mol. The van der Waals surface area contributed by atoms with Crippen LogP contribution in [0.4, 0.5) is 8.78 Å². The van der Waals surface area contributed by atoms with Crippen LogP contribution in [-0.4, -0.2) is 49.6 Å². The second kappa shape index (κ2) is 10.3. The number of tetrazole rings is 1. The number of aromatic amines is 1. The SMILES string of the molecule is O=C1[C@@H](/C(O)=C\CC(F)(F)c2ccccc2)CCN1CCCCCCc1nn[nH]n1. The third kappa shape index (κ3) is 5.84. The number of rotatable bonds is 11. The first-order valence-electron chi connectivity index (χ1n) is 10.3. The number of unbranched alkanes of at least 4 members (excludes halogenated alkanes) is 3. The zero-order chi connectivity index (χ0) is 21.4. The molecule has 162 valence electrons. The third-order valence-corrected chi connectivity index (χ3v) is 5.39. The van der Waals surface area contributed by atoms with Gasteiger partial charge in [0.15, 0.2) is 5.82 Å². The maximum Gasteiger partial charge on any atom is 0.276 e. The first kappa shape index (κ1) is 21.9. The summed E-state index contributed by atoms with van der Waals surface area (Å²) >= 11 is 0. The van der Waals surface area contributed by atoms with E-state index in [1.807, 2.05) is 0 Å². The number of halogens is 2. The molecular formula is C21H27F2N5O2. The average molecular weight is 419 g/mol. The number of hydrogen-bond donors (Lipinski definition) is 2. The molecule has 1 aliphatic rings. The number of aryl methyl sites for hydroxylation is 1. The van der Waals surface area contributed by atoms with Crippen molar-refractivity contribution in [1.82, 2.24) is 25.5 Å². The topological polar surface area (TPSA) is 95.0 Å². The van der Waals surface area contributed by atoms with E-state index >= 15 is 0 Å². The van der Waals surface area contributed by atoms with Crippen LogP contribution in [0, 0.1) is 5.92 Å². The summed E-state index contributed by atoms with van der Waals surface area (Å²) in [7, 11) is 0. The molecule has 0 aliphatic carbocycles. The molecule has 0 unspecified atom stereocenters. The molecule has 3 rings (SSSR count). The van der Waals surface area contributed by atoms with Crippen LogP contribution in [0.2, 0.25) is 0 Å². The molecule has 1 fully saturated rings. The van der Waals surface area contributed by atoms with E-state index in [-0.39, 0.29) is 17.2 Å². The molecule has 2 aromatic rings. The van der Waals surface area contributed by atoms with E-state index in [9.17, 15) is 18.7 Å². The Morgan fingerprint density at radius 2 is 2.00 bits per heavy atom. The zero-order valence-corrected chi connectivity index (χ0v) is 16.8. The van der Waals surface area contributed by atoms with Gasteiger partial charge in [-0.1, -0.05) is 48.4 Å². The highest BCUT2D eigenvalue weighted by atomic mass is 19.3.